The van der Waals surface area contributed by atoms with E-state index in [-0.39, 0.29) is 16.7 Å². The molecule has 93 heavy (non-hydrogen) atoms. The minimum atomic E-state index is -1.08. The summed E-state index contributed by atoms with van der Waals surface area (Å²) >= 11 is 0. The van der Waals surface area contributed by atoms with Gasteiger partial charge in [-0.3, -0.25) is 0 Å². The molecular formula is C81H120O12. The van der Waals surface area contributed by atoms with E-state index in [0.717, 1.165) is 171 Å². The topological polar surface area (TPSA) is 167 Å². The summed E-state index contributed by atoms with van der Waals surface area (Å²) in [5.41, 5.74) is 4.68. The second kappa shape index (κ2) is 49.8. The lowest BCUT2D eigenvalue weighted by Gasteiger charge is -2.15. The predicted octanol–water partition coefficient (Wildman–Crippen LogP) is 23.7. The molecule has 0 unspecified atom stereocenters. The average Bonchev–Trinajstić information content (AvgIpc) is 0.864. The van der Waals surface area contributed by atoms with Crippen molar-refractivity contribution in [1.29, 1.82) is 0 Å². The highest BCUT2D eigenvalue weighted by Gasteiger charge is 2.20. The Balaban J connectivity index is 1.92. The molecule has 516 valence electrons. The first-order valence-corrected chi connectivity index (χ1v) is 36.7. The molecule has 0 saturated carbocycles. The number of ether oxygens (including phenoxy) is 6. The zero-order valence-corrected chi connectivity index (χ0v) is 58.4. The molecule has 4 rings (SSSR count). The van der Waals surface area contributed by atoms with E-state index in [1.165, 1.54) is 77.0 Å². The Labute approximate surface area is 561 Å². The molecule has 0 aromatic heterocycles. The second-order valence-corrected chi connectivity index (χ2v) is 25.2. The molecule has 0 bridgehead atoms. The van der Waals surface area contributed by atoms with Crippen LogP contribution in [0.5, 0.6) is 34.5 Å². The van der Waals surface area contributed by atoms with Gasteiger partial charge in [-0.15, -0.1) is 0 Å². The molecule has 0 spiro atoms. The molecule has 0 fully saturated rings. The molecule has 0 radical (unpaired) electrons. The molecule has 4 aromatic rings. The summed E-state index contributed by atoms with van der Waals surface area (Å²) in [6.45, 7) is 15.7. The van der Waals surface area contributed by atoms with Gasteiger partial charge in [-0.2, -0.15) is 0 Å². The van der Waals surface area contributed by atoms with Gasteiger partial charge in [-0.05, 0) is 110 Å². The van der Waals surface area contributed by atoms with Crippen molar-refractivity contribution < 1.29 is 58.1 Å². The molecule has 0 heterocycles. The fourth-order valence-corrected chi connectivity index (χ4v) is 11.3. The molecule has 12 heteroatoms. The van der Waals surface area contributed by atoms with Crippen LogP contribution < -0.4 is 28.4 Å². The van der Waals surface area contributed by atoms with E-state index in [0.29, 0.717) is 90.8 Å². The Morgan fingerprint density at radius 2 is 0.430 bits per heavy atom. The maximum atomic E-state index is 12.9. The number of carbonyl (C=O) groups is 3. The fourth-order valence-electron chi connectivity index (χ4n) is 11.3. The number of carboxylic acid groups (broad SMARTS) is 3. The molecule has 0 aliphatic carbocycles. The Hall–Kier alpha value is -6.69. The van der Waals surface area contributed by atoms with Gasteiger partial charge in [0.1, 0.15) is 51.2 Å². The molecule has 0 atom stereocenters. The van der Waals surface area contributed by atoms with E-state index in [1.54, 1.807) is 36.4 Å². The Morgan fingerprint density at radius 1 is 0.247 bits per heavy atom. The number of benzene rings is 4. The summed E-state index contributed by atoms with van der Waals surface area (Å²) in [6, 6.07) is 16.4. The van der Waals surface area contributed by atoms with Crippen LogP contribution >= 0.6 is 0 Å². The standard InChI is InChI=1S/C81H120O12/c1-7-13-19-25-31-37-49-88-73-61-70(79(82)83)76(91-52-40-34-28-22-16-10-4)58-67(73)46-43-64-55-65(44-47-68-59-77(92-53-41-35-29-23-17-11-5)71(80(84)85)62-74(68)89-50-38-32-26-20-14-8-2)57-66(56-64)45-48-69-60-78(93-54-42-36-30-24-18-12-6)72(81(86)87)63-75(69)90-51-39-33-27-21-15-9-3/h43-48,55-63H,7-42,49-54H2,1-6H3,(H,82,83)(H,84,85)(H,86,87)/b46-43+,47-44+,48-45+. The average molecular weight is 1290 g/mol. The van der Waals surface area contributed by atoms with Gasteiger partial charge in [0, 0.05) is 16.7 Å². The molecule has 0 aliphatic heterocycles. The first kappa shape index (κ1) is 78.8. The van der Waals surface area contributed by atoms with Crippen molar-refractivity contribution in [2.24, 2.45) is 0 Å². The molecule has 4 aromatic carbocycles. The number of carboxylic acids is 3. The second-order valence-electron chi connectivity index (χ2n) is 25.2. The SMILES string of the molecule is CCCCCCCCOc1cc(C(=O)O)c(OCCCCCCCC)cc1/C=C/c1cc(/C=C/c2cc(OCCCCCCCC)c(C(=O)O)cc2OCCCCCCCC)cc(/C=C/c2cc(OCCCCCCCC)c(C(=O)O)cc2OCCCCCCCC)c1. The maximum absolute atomic E-state index is 12.9. The van der Waals surface area contributed by atoms with Crippen molar-refractivity contribution in [1.82, 2.24) is 0 Å². The van der Waals surface area contributed by atoms with E-state index in [1.807, 2.05) is 36.5 Å². The van der Waals surface area contributed by atoms with Gasteiger partial charge in [0.15, 0.2) is 0 Å². The highest BCUT2D eigenvalue weighted by Crippen LogP contribution is 2.36. The lowest BCUT2D eigenvalue weighted by Crippen LogP contribution is -2.07. The zero-order valence-electron chi connectivity index (χ0n) is 58.4. The third-order valence-corrected chi connectivity index (χ3v) is 16.9. The van der Waals surface area contributed by atoms with Crippen LogP contribution in [0.1, 0.15) is 337 Å². The van der Waals surface area contributed by atoms with Gasteiger partial charge in [-0.25, -0.2) is 14.4 Å². The molecule has 0 amide bonds. The summed E-state index contributed by atoms with van der Waals surface area (Å²) in [4.78, 5) is 38.7. The van der Waals surface area contributed by atoms with Crippen LogP contribution in [0.15, 0.2) is 54.6 Å². The Kier molecular flexibility index (Phi) is 42.2. The molecule has 0 saturated heterocycles. The summed E-state index contributed by atoms with van der Waals surface area (Å²) in [6.07, 6.45) is 50.6. The number of hydrogen-bond donors (Lipinski definition) is 3. The van der Waals surface area contributed by atoms with Crippen molar-refractivity contribution in [2.75, 3.05) is 39.6 Å². The van der Waals surface area contributed by atoms with Crippen LogP contribution in [0.2, 0.25) is 0 Å². The minimum absolute atomic E-state index is 0.0565. The Bertz CT molecular complexity index is 2500. The van der Waals surface area contributed by atoms with Crippen molar-refractivity contribution >= 4 is 54.4 Å². The lowest BCUT2D eigenvalue weighted by atomic mass is 10.0. The van der Waals surface area contributed by atoms with Gasteiger partial charge in [0.05, 0.1) is 39.6 Å². The molecular weight excluding hydrogens is 1160 g/mol. The van der Waals surface area contributed by atoms with Gasteiger partial charge >= 0.3 is 17.9 Å². The van der Waals surface area contributed by atoms with Gasteiger partial charge in [-0.1, -0.05) is 271 Å². The number of rotatable bonds is 57. The molecule has 12 nitrogen and oxygen atoms in total. The predicted molar refractivity (Wildman–Crippen MR) is 387 cm³/mol. The van der Waals surface area contributed by atoms with E-state index < -0.39 is 17.9 Å². The van der Waals surface area contributed by atoms with Gasteiger partial charge in [0.25, 0.3) is 0 Å². The normalized spacial score (nSPS) is 11.5. The number of hydrogen-bond acceptors (Lipinski definition) is 9. The summed E-state index contributed by atoms with van der Waals surface area (Å²) < 4.78 is 38.3. The van der Waals surface area contributed by atoms with Crippen molar-refractivity contribution in [2.45, 2.75) is 273 Å². The number of aromatic carboxylic acids is 3. The van der Waals surface area contributed by atoms with Crippen LogP contribution in [0.25, 0.3) is 36.5 Å². The summed E-state index contributed by atoms with van der Waals surface area (Å²) in [5.74, 6) is -0.999. The van der Waals surface area contributed by atoms with Crippen LogP contribution in [0, 0.1) is 0 Å². The Morgan fingerprint density at radius 3 is 0.624 bits per heavy atom. The van der Waals surface area contributed by atoms with E-state index in [4.69, 9.17) is 28.4 Å². The van der Waals surface area contributed by atoms with Crippen LogP contribution in [0.4, 0.5) is 0 Å². The maximum Gasteiger partial charge on any atom is 0.339 e. The van der Waals surface area contributed by atoms with Crippen molar-refractivity contribution in [3.63, 3.8) is 0 Å². The monoisotopic (exact) mass is 1280 g/mol. The van der Waals surface area contributed by atoms with Crippen LogP contribution in [-0.2, 0) is 0 Å². The number of unbranched alkanes of at least 4 members (excludes halogenated alkanes) is 30. The first-order chi connectivity index (χ1) is 45.5. The van der Waals surface area contributed by atoms with Crippen LogP contribution in [0.3, 0.4) is 0 Å². The first-order valence-electron chi connectivity index (χ1n) is 36.7. The highest BCUT2D eigenvalue weighted by molar-refractivity contribution is 5.95. The minimum Gasteiger partial charge on any atom is -0.493 e. The largest absolute Gasteiger partial charge is 0.493 e. The van der Waals surface area contributed by atoms with Crippen LogP contribution in [-0.4, -0.2) is 72.9 Å². The van der Waals surface area contributed by atoms with E-state index >= 15 is 0 Å². The molecule has 3 N–H and O–H groups in total. The van der Waals surface area contributed by atoms with Crippen molar-refractivity contribution in [3.05, 3.63) is 105 Å². The van der Waals surface area contributed by atoms with E-state index in [2.05, 4.69) is 59.7 Å². The van der Waals surface area contributed by atoms with E-state index in [9.17, 15) is 29.7 Å². The zero-order chi connectivity index (χ0) is 66.9. The van der Waals surface area contributed by atoms with Crippen molar-refractivity contribution in [3.8, 4) is 34.5 Å². The van der Waals surface area contributed by atoms with Gasteiger partial charge < -0.3 is 43.7 Å². The fraction of sp³-hybridized carbons (Fsp3) is 0.593. The van der Waals surface area contributed by atoms with Gasteiger partial charge in [0.2, 0.25) is 0 Å². The smallest absolute Gasteiger partial charge is 0.339 e. The quantitative estimate of drug-likeness (QED) is 0.0283. The third-order valence-electron chi connectivity index (χ3n) is 16.9. The lowest BCUT2D eigenvalue weighted by molar-refractivity contribution is 0.0680. The third kappa shape index (κ3) is 32.8. The summed E-state index contributed by atoms with van der Waals surface area (Å²) in [5, 5.41) is 31.6. The summed E-state index contributed by atoms with van der Waals surface area (Å²) in [7, 11) is 0. The highest BCUT2D eigenvalue weighted by atomic mass is 16.5. The molecule has 0 aliphatic rings.